The normalized spacial score (nSPS) is 15.3. The van der Waals surface area contributed by atoms with E-state index >= 15 is 0 Å². The summed E-state index contributed by atoms with van der Waals surface area (Å²) >= 11 is 5.94. The van der Waals surface area contributed by atoms with E-state index in [9.17, 15) is 0 Å². The molecule has 82 valence electrons. The van der Waals surface area contributed by atoms with Crippen LogP contribution in [0.2, 0.25) is 5.02 Å². The first-order chi connectivity index (χ1) is 7.28. The predicted octanol–water partition coefficient (Wildman–Crippen LogP) is 2.52. The molecule has 0 heterocycles. The van der Waals surface area contributed by atoms with E-state index in [1.807, 2.05) is 18.2 Å². The summed E-state index contributed by atoms with van der Waals surface area (Å²) in [6.45, 7) is 1.13. The lowest BCUT2D eigenvalue weighted by atomic mass is 10.2. The Morgan fingerprint density at radius 2 is 2.13 bits per heavy atom. The molecule has 0 spiro atoms. The Morgan fingerprint density at radius 1 is 1.33 bits per heavy atom. The van der Waals surface area contributed by atoms with Gasteiger partial charge in [-0.15, -0.1) is 0 Å². The molecule has 1 fully saturated rings. The summed E-state index contributed by atoms with van der Waals surface area (Å²) in [4.78, 5) is 4.56. The smallest absolute Gasteiger partial charge is 0.121 e. The molecule has 15 heavy (non-hydrogen) atoms. The summed E-state index contributed by atoms with van der Waals surface area (Å²) in [5, 5.41) is 0.648. The van der Waals surface area contributed by atoms with Gasteiger partial charge in [-0.05, 0) is 42.5 Å². The van der Waals surface area contributed by atoms with E-state index in [-0.39, 0.29) is 0 Å². The zero-order valence-corrected chi connectivity index (χ0v) is 9.17. The molecule has 0 amide bonds. The first-order valence-corrected chi connectivity index (χ1v) is 5.39. The van der Waals surface area contributed by atoms with Gasteiger partial charge in [0.25, 0.3) is 0 Å². The molecule has 3 nitrogen and oxygen atoms in total. The minimum absolute atomic E-state index is 0.348. The van der Waals surface area contributed by atoms with Gasteiger partial charge in [0.1, 0.15) is 5.75 Å². The van der Waals surface area contributed by atoms with E-state index < -0.39 is 0 Å². The lowest BCUT2D eigenvalue weighted by Crippen LogP contribution is -2.02. The number of ether oxygens (including phenoxy) is 1. The van der Waals surface area contributed by atoms with Crippen molar-refractivity contribution in [1.82, 2.24) is 0 Å². The van der Waals surface area contributed by atoms with Gasteiger partial charge in [-0.1, -0.05) is 11.6 Å². The van der Waals surface area contributed by atoms with Gasteiger partial charge < -0.3 is 4.74 Å². The van der Waals surface area contributed by atoms with Crippen molar-refractivity contribution in [2.45, 2.75) is 19.4 Å². The van der Waals surface area contributed by atoms with Crippen molar-refractivity contribution in [3.8, 4) is 5.75 Å². The number of hydrogen-bond donors (Lipinski definition) is 1. The molecule has 1 aromatic carbocycles. The number of rotatable bonds is 5. The van der Waals surface area contributed by atoms with Crippen LogP contribution in [0.5, 0.6) is 5.75 Å². The summed E-state index contributed by atoms with van der Waals surface area (Å²) in [6, 6.07) is 5.53. The fourth-order valence-corrected chi connectivity index (χ4v) is 1.63. The summed E-state index contributed by atoms with van der Waals surface area (Å²) < 4.78 is 5.62. The Bertz CT molecular complexity index is 339. The second kappa shape index (κ2) is 4.84. The van der Waals surface area contributed by atoms with E-state index in [2.05, 4.69) is 4.84 Å². The molecule has 0 radical (unpaired) electrons. The lowest BCUT2D eigenvalue weighted by molar-refractivity contribution is 0.124. The topological polar surface area (TPSA) is 44.5 Å². The van der Waals surface area contributed by atoms with Crippen LogP contribution in [0.4, 0.5) is 0 Å². The SMILES string of the molecule is NOCc1cc(Cl)cc(OCC2CC2)c1. The van der Waals surface area contributed by atoms with Crippen LogP contribution < -0.4 is 10.6 Å². The Labute approximate surface area is 94.1 Å². The van der Waals surface area contributed by atoms with Crippen molar-refractivity contribution in [1.29, 1.82) is 0 Å². The molecule has 0 saturated heterocycles. The Kier molecular flexibility index (Phi) is 3.46. The minimum atomic E-state index is 0.348. The molecule has 0 aromatic heterocycles. The molecule has 1 aliphatic carbocycles. The van der Waals surface area contributed by atoms with E-state index in [4.69, 9.17) is 22.2 Å². The Morgan fingerprint density at radius 3 is 2.80 bits per heavy atom. The van der Waals surface area contributed by atoms with Crippen LogP contribution >= 0.6 is 11.6 Å². The van der Waals surface area contributed by atoms with Crippen LogP contribution in [0.25, 0.3) is 0 Å². The van der Waals surface area contributed by atoms with Gasteiger partial charge in [0.05, 0.1) is 13.2 Å². The van der Waals surface area contributed by atoms with Gasteiger partial charge in [-0.2, -0.15) is 0 Å². The standard InChI is InChI=1S/C11H14ClNO2/c12-10-3-9(7-15-13)4-11(5-10)14-6-8-1-2-8/h3-5,8H,1-2,6-7,13H2. The zero-order valence-electron chi connectivity index (χ0n) is 8.41. The molecule has 0 atom stereocenters. The lowest BCUT2D eigenvalue weighted by Gasteiger charge is -2.07. The third-order valence-corrected chi connectivity index (χ3v) is 2.58. The van der Waals surface area contributed by atoms with E-state index in [1.165, 1.54) is 12.8 Å². The van der Waals surface area contributed by atoms with Crippen LogP contribution in [0.15, 0.2) is 18.2 Å². The maximum atomic E-state index is 5.94. The third kappa shape index (κ3) is 3.38. The average molecular weight is 228 g/mol. The third-order valence-electron chi connectivity index (χ3n) is 2.36. The van der Waals surface area contributed by atoms with Crippen molar-refractivity contribution in [3.63, 3.8) is 0 Å². The number of benzene rings is 1. The van der Waals surface area contributed by atoms with Gasteiger partial charge in [0.15, 0.2) is 0 Å². The Hall–Kier alpha value is -0.770. The molecule has 0 aliphatic heterocycles. The van der Waals surface area contributed by atoms with E-state index in [1.54, 1.807) is 0 Å². The summed E-state index contributed by atoms with van der Waals surface area (Å²) in [5.41, 5.74) is 0.927. The molecular weight excluding hydrogens is 214 g/mol. The van der Waals surface area contributed by atoms with Gasteiger partial charge in [-0.25, -0.2) is 5.90 Å². The number of halogens is 1. The maximum absolute atomic E-state index is 5.94. The first kappa shape index (κ1) is 10.7. The fourth-order valence-electron chi connectivity index (χ4n) is 1.38. The average Bonchev–Trinajstić information content (AvgIpc) is 2.98. The highest BCUT2D eigenvalue weighted by atomic mass is 35.5. The second-order valence-electron chi connectivity index (χ2n) is 3.86. The maximum Gasteiger partial charge on any atom is 0.121 e. The van der Waals surface area contributed by atoms with Crippen LogP contribution in [-0.2, 0) is 11.4 Å². The molecule has 0 unspecified atom stereocenters. The van der Waals surface area contributed by atoms with Gasteiger partial charge in [0.2, 0.25) is 0 Å². The van der Waals surface area contributed by atoms with Crippen LogP contribution in [0, 0.1) is 5.92 Å². The highest BCUT2D eigenvalue weighted by Crippen LogP contribution is 2.30. The van der Waals surface area contributed by atoms with Crippen LogP contribution in [0.1, 0.15) is 18.4 Å². The quantitative estimate of drug-likeness (QED) is 0.787. The molecule has 1 aliphatic rings. The molecule has 0 bridgehead atoms. The minimum Gasteiger partial charge on any atom is -0.493 e. The molecule has 1 aromatic rings. The monoisotopic (exact) mass is 227 g/mol. The van der Waals surface area contributed by atoms with Gasteiger partial charge >= 0.3 is 0 Å². The number of hydrogen-bond acceptors (Lipinski definition) is 3. The largest absolute Gasteiger partial charge is 0.493 e. The molecule has 2 N–H and O–H groups in total. The highest BCUT2D eigenvalue weighted by molar-refractivity contribution is 6.30. The van der Waals surface area contributed by atoms with Crippen LogP contribution in [-0.4, -0.2) is 6.61 Å². The second-order valence-corrected chi connectivity index (χ2v) is 4.30. The van der Waals surface area contributed by atoms with Crippen molar-refractivity contribution < 1.29 is 9.57 Å². The summed E-state index contributed by atoms with van der Waals surface area (Å²) in [7, 11) is 0. The van der Waals surface area contributed by atoms with Gasteiger partial charge in [-0.3, -0.25) is 4.84 Å². The molecule has 4 heteroatoms. The predicted molar refractivity (Wildman–Crippen MR) is 58.6 cm³/mol. The van der Waals surface area contributed by atoms with Crippen molar-refractivity contribution in [2.24, 2.45) is 11.8 Å². The van der Waals surface area contributed by atoms with E-state index in [0.717, 1.165) is 23.8 Å². The highest BCUT2D eigenvalue weighted by Gasteiger charge is 2.21. The zero-order chi connectivity index (χ0) is 10.7. The van der Waals surface area contributed by atoms with Crippen molar-refractivity contribution >= 4 is 11.6 Å². The van der Waals surface area contributed by atoms with E-state index in [0.29, 0.717) is 11.6 Å². The fraction of sp³-hybridized carbons (Fsp3) is 0.455. The molecule has 1 saturated carbocycles. The molecule has 2 rings (SSSR count). The van der Waals surface area contributed by atoms with Crippen molar-refractivity contribution in [2.75, 3.05) is 6.61 Å². The summed E-state index contributed by atoms with van der Waals surface area (Å²) in [5.74, 6) is 6.54. The van der Waals surface area contributed by atoms with Gasteiger partial charge in [0, 0.05) is 5.02 Å². The number of nitrogens with two attached hydrogens (primary N) is 1. The van der Waals surface area contributed by atoms with Crippen molar-refractivity contribution in [3.05, 3.63) is 28.8 Å². The van der Waals surface area contributed by atoms with Crippen LogP contribution in [0.3, 0.4) is 0 Å². The summed E-state index contributed by atoms with van der Waals surface area (Å²) in [6.07, 6.45) is 2.55. The Balaban J connectivity index is 2.00. The first-order valence-electron chi connectivity index (χ1n) is 5.02. The molecular formula is C11H14ClNO2.